The van der Waals surface area contributed by atoms with Gasteiger partial charge in [0.1, 0.15) is 23.6 Å². The zero-order valence-corrected chi connectivity index (χ0v) is 11.8. The maximum atomic E-state index is 12.1. The van der Waals surface area contributed by atoms with Crippen LogP contribution in [0.25, 0.3) is 6.20 Å². The quantitative estimate of drug-likeness (QED) is 0.471. The molecule has 1 aromatic heterocycles. The maximum Gasteiger partial charge on any atom is 0.327 e. The molecule has 0 aliphatic carbocycles. The second-order valence-electron chi connectivity index (χ2n) is 4.67. The molecule has 104 valence electrons. The van der Waals surface area contributed by atoms with Gasteiger partial charge in [0, 0.05) is 12.0 Å². The number of nitrogens with zero attached hydrogens (tertiary/aromatic N) is 3. The molecule has 4 rings (SSSR count). The molecule has 2 saturated heterocycles. The van der Waals surface area contributed by atoms with Crippen molar-refractivity contribution in [2.45, 2.75) is 17.2 Å². The van der Waals surface area contributed by atoms with Gasteiger partial charge >= 0.3 is 5.97 Å². The van der Waals surface area contributed by atoms with E-state index in [0.717, 1.165) is 17.3 Å². The molecule has 0 radical (unpaired) electrons. The monoisotopic (exact) mass is 310 g/mol. The second kappa shape index (κ2) is 4.19. The van der Waals surface area contributed by atoms with Gasteiger partial charge in [-0.3, -0.25) is 9.36 Å². The zero-order valence-electron chi connectivity index (χ0n) is 10.1. The van der Waals surface area contributed by atoms with Crippen LogP contribution in [-0.4, -0.2) is 48.6 Å². The summed E-state index contributed by atoms with van der Waals surface area (Å²) in [6.45, 7) is 0. The van der Waals surface area contributed by atoms with Crippen molar-refractivity contribution < 1.29 is 14.7 Å². The third-order valence-corrected chi connectivity index (χ3v) is 5.62. The van der Waals surface area contributed by atoms with E-state index >= 15 is 0 Å². The van der Waals surface area contributed by atoms with Gasteiger partial charge in [0.05, 0.1) is 17.0 Å². The fourth-order valence-corrected chi connectivity index (χ4v) is 4.72. The first-order valence-electron chi connectivity index (χ1n) is 5.99. The van der Waals surface area contributed by atoms with Crippen LogP contribution in [0.15, 0.2) is 11.9 Å². The average Bonchev–Trinajstić information content (AvgIpc) is 3.09. The summed E-state index contributed by atoms with van der Waals surface area (Å²) in [6, 6.07) is -0.697. The van der Waals surface area contributed by atoms with Gasteiger partial charge in [0.25, 0.3) is 5.91 Å². The van der Waals surface area contributed by atoms with Crippen molar-refractivity contribution in [3.8, 4) is 0 Å². The minimum absolute atomic E-state index is 0.143. The van der Waals surface area contributed by atoms with Crippen LogP contribution < -0.4 is 4.72 Å². The number of thioether (sulfide) groups is 1. The molecular weight excluding hydrogens is 300 g/mol. The molecule has 1 unspecified atom stereocenters. The number of nitrogens with one attached hydrogen (secondary N) is 1. The molecule has 0 saturated carbocycles. The van der Waals surface area contributed by atoms with E-state index in [4.69, 9.17) is 5.11 Å². The Kier molecular flexibility index (Phi) is 2.55. The van der Waals surface area contributed by atoms with Crippen LogP contribution in [0.1, 0.15) is 5.69 Å². The van der Waals surface area contributed by atoms with Gasteiger partial charge in [0.2, 0.25) is 0 Å². The van der Waals surface area contributed by atoms with Crippen molar-refractivity contribution in [3.05, 3.63) is 17.6 Å². The molecule has 3 aliphatic heterocycles. The summed E-state index contributed by atoms with van der Waals surface area (Å²) in [5.74, 6) is 1.02. The van der Waals surface area contributed by atoms with Crippen molar-refractivity contribution in [2.75, 3.05) is 10.5 Å². The Balaban J connectivity index is 1.63. The summed E-state index contributed by atoms with van der Waals surface area (Å²) >= 11 is 3.05. The molecular formula is C11H10N4O3S2. The van der Waals surface area contributed by atoms with E-state index in [1.54, 1.807) is 29.0 Å². The molecule has 0 aromatic carbocycles. The molecule has 0 bridgehead atoms. The minimum Gasteiger partial charge on any atom is -0.480 e. The van der Waals surface area contributed by atoms with Gasteiger partial charge in [-0.15, -0.1) is 11.8 Å². The lowest BCUT2D eigenvalue weighted by atomic mass is 10.0. The van der Waals surface area contributed by atoms with Crippen LogP contribution in [0.4, 0.5) is 5.82 Å². The van der Waals surface area contributed by atoms with Gasteiger partial charge in [-0.05, 0) is 11.9 Å². The highest BCUT2D eigenvalue weighted by molar-refractivity contribution is 8.00. The maximum absolute atomic E-state index is 12.1. The number of rotatable bonds is 2. The molecule has 1 aromatic rings. The number of carboxylic acids is 1. The Labute approximate surface area is 122 Å². The molecule has 4 heterocycles. The van der Waals surface area contributed by atoms with Crippen molar-refractivity contribution >= 4 is 47.6 Å². The van der Waals surface area contributed by atoms with Gasteiger partial charge < -0.3 is 14.7 Å². The summed E-state index contributed by atoms with van der Waals surface area (Å²) in [5, 5.41) is 8.93. The first kappa shape index (κ1) is 12.2. The van der Waals surface area contributed by atoms with E-state index in [0.29, 0.717) is 11.3 Å². The largest absolute Gasteiger partial charge is 0.480 e. The molecule has 1 amide bonds. The number of imidazole rings is 1. The number of hydrogen-bond acceptors (Lipinski definition) is 6. The number of carboxylic acid groups (broad SMARTS) is 1. The first-order chi connectivity index (χ1) is 9.66. The highest BCUT2D eigenvalue weighted by atomic mass is 32.2. The summed E-state index contributed by atoms with van der Waals surface area (Å²) in [4.78, 5) is 28.9. The Morgan fingerprint density at radius 2 is 2.45 bits per heavy atom. The molecule has 0 spiro atoms. The van der Waals surface area contributed by atoms with E-state index in [1.165, 1.54) is 16.7 Å². The van der Waals surface area contributed by atoms with E-state index in [9.17, 15) is 9.59 Å². The third kappa shape index (κ3) is 1.53. The summed E-state index contributed by atoms with van der Waals surface area (Å²) in [7, 11) is 0. The molecule has 9 heteroatoms. The zero-order chi connectivity index (χ0) is 13.9. The van der Waals surface area contributed by atoms with Crippen molar-refractivity contribution in [3.63, 3.8) is 0 Å². The topological polar surface area (TPSA) is 87.5 Å². The normalized spacial score (nSPS) is 29.1. The predicted molar refractivity (Wildman–Crippen MR) is 75.9 cm³/mol. The average molecular weight is 310 g/mol. The molecule has 2 N–H and O–H groups in total. The molecule has 3 aliphatic rings. The number of fused-ring (bicyclic) bond motifs is 2. The number of amides is 1. The number of aliphatic carboxylic acids is 1. The number of carbonyl (C=O) groups excluding carboxylic acids is 1. The summed E-state index contributed by atoms with van der Waals surface area (Å²) in [5.41, 5.74) is 1.61. The van der Waals surface area contributed by atoms with Crippen LogP contribution in [0.3, 0.4) is 0 Å². The molecule has 20 heavy (non-hydrogen) atoms. The Morgan fingerprint density at radius 1 is 1.60 bits per heavy atom. The fraction of sp³-hybridized carbons (Fsp3) is 0.364. The standard InChI is InChI=1S/C11H10N4O3S2/c16-9-5(10-15(9)7(3-19-10)11(17)18)1-14-4-12-6-2-20-13-8(6)14/h1,4,7,10,13H,2-3H2,(H,17,18)/t7?,10-/m1/s1. The number of aromatic nitrogens is 2. The summed E-state index contributed by atoms with van der Waals surface area (Å²) in [6.07, 6.45) is 3.43. The number of anilines is 1. The molecule has 2 atom stereocenters. The van der Waals surface area contributed by atoms with Gasteiger partial charge in [-0.25, -0.2) is 9.78 Å². The van der Waals surface area contributed by atoms with Crippen LogP contribution in [0, 0.1) is 0 Å². The highest BCUT2D eigenvalue weighted by Gasteiger charge is 2.53. The SMILES string of the molecule is O=C(O)C1CS[C@@H]2C(=Cn3cnc4c3NSC4)C(=O)N12. The lowest BCUT2D eigenvalue weighted by Gasteiger charge is -2.38. The number of β-lactam (4-membered cyclic amide) rings is 1. The summed E-state index contributed by atoms with van der Waals surface area (Å²) < 4.78 is 4.95. The number of hydrogen-bond donors (Lipinski definition) is 2. The van der Waals surface area contributed by atoms with E-state index < -0.39 is 12.0 Å². The highest BCUT2D eigenvalue weighted by Crippen LogP contribution is 2.44. The van der Waals surface area contributed by atoms with Crippen molar-refractivity contribution in [1.29, 1.82) is 0 Å². The lowest BCUT2D eigenvalue weighted by molar-refractivity contribution is -0.150. The smallest absolute Gasteiger partial charge is 0.327 e. The fourth-order valence-electron chi connectivity index (χ4n) is 2.53. The lowest BCUT2D eigenvalue weighted by Crippen LogP contribution is -2.56. The third-order valence-electron chi connectivity index (χ3n) is 3.56. The van der Waals surface area contributed by atoms with Crippen LogP contribution in [0.5, 0.6) is 0 Å². The van der Waals surface area contributed by atoms with Crippen LogP contribution in [0.2, 0.25) is 0 Å². The Morgan fingerprint density at radius 3 is 3.25 bits per heavy atom. The van der Waals surface area contributed by atoms with E-state index in [1.807, 2.05) is 0 Å². The number of carbonyl (C=O) groups is 2. The minimum atomic E-state index is -0.936. The Hall–Kier alpha value is -1.61. The van der Waals surface area contributed by atoms with Gasteiger partial charge in [0.15, 0.2) is 0 Å². The second-order valence-corrected chi connectivity index (χ2v) is 6.57. The van der Waals surface area contributed by atoms with Gasteiger partial charge in [-0.2, -0.15) is 0 Å². The van der Waals surface area contributed by atoms with Gasteiger partial charge in [-0.1, -0.05) is 0 Å². The molecule has 2 fully saturated rings. The van der Waals surface area contributed by atoms with Crippen LogP contribution >= 0.6 is 23.7 Å². The predicted octanol–water partition coefficient (Wildman–Crippen LogP) is 0.666. The first-order valence-corrected chi connectivity index (χ1v) is 8.02. The van der Waals surface area contributed by atoms with E-state index in [2.05, 4.69) is 9.71 Å². The van der Waals surface area contributed by atoms with Crippen molar-refractivity contribution in [2.24, 2.45) is 0 Å². The van der Waals surface area contributed by atoms with Crippen LogP contribution in [-0.2, 0) is 15.3 Å². The molecule has 7 nitrogen and oxygen atoms in total. The Bertz CT molecular complexity index is 656. The van der Waals surface area contributed by atoms with E-state index in [-0.39, 0.29) is 11.3 Å². The van der Waals surface area contributed by atoms with Crippen molar-refractivity contribution in [1.82, 2.24) is 14.5 Å².